The zero-order chi connectivity index (χ0) is 8.10. The van der Waals surface area contributed by atoms with Gasteiger partial charge >= 0.3 is 0 Å². The Morgan fingerprint density at radius 2 is 2.55 bits per heavy atom. The summed E-state index contributed by atoms with van der Waals surface area (Å²) in [6.07, 6.45) is 2.60. The van der Waals surface area contributed by atoms with Crippen molar-refractivity contribution in [3.8, 4) is 0 Å². The number of hydrogen-bond donors (Lipinski definition) is 2. The van der Waals surface area contributed by atoms with Crippen molar-refractivity contribution in [1.29, 1.82) is 0 Å². The van der Waals surface area contributed by atoms with Gasteiger partial charge in [0, 0.05) is 17.0 Å². The molecule has 2 N–H and O–H groups in total. The van der Waals surface area contributed by atoms with Crippen LogP contribution in [0.5, 0.6) is 0 Å². The molecule has 1 aliphatic rings. The van der Waals surface area contributed by atoms with Gasteiger partial charge < -0.3 is 10.4 Å². The van der Waals surface area contributed by atoms with Crippen LogP contribution in [0.4, 0.5) is 0 Å². The molecule has 0 bridgehead atoms. The zero-order valence-corrected chi connectivity index (χ0v) is 7.86. The SMILES string of the molecule is CC(CO)SC1CCCNC1. The van der Waals surface area contributed by atoms with E-state index in [-0.39, 0.29) is 0 Å². The molecule has 0 radical (unpaired) electrons. The Labute approximate surface area is 72.8 Å². The van der Waals surface area contributed by atoms with Crippen molar-refractivity contribution in [1.82, 2.24) is 5.32 Å². The maximum atomic E-state index is 8.82. The Hall–Kier alpha value is 0.270. The van der Waals surface area contributed by atoms with E-state index in [4.69, 9.17) is 5.11 Å². The van der Waals surface area contributed by atoms with Gasteiger partial charge in [-0.1, -0.05) is 6.92 Å². The van der Waals surface area contributed by atoms with Crippen molar-refractivity contribution >= 4 is 11.8 Å². The highest BCUT2D eigenvalue weighted by molar-refractivity contribution is 8.00. The van der Waals surface area contributed by atoms with E-state index in [2.05, 4.69) is 12.2 Å². The summed E-state index contributed by atoms with van der Waals surface area (Å²) in [4.78, 5) is 0. The molecular formula is C8H17NOS. The average Bonchev–Trinajstić information content (AvgIpc) is 2.06. The van der Waals surface area contributed by atoms with E-state index in [0.717, 1.165) is 11.8 Å². The van der Waals surface area contributed by atoms with Crippen LogP contribution >= 0.6 is 11.8 Å². The lowest BCUT2D eigenvalue weighted by Gasteiger charge is -2.24. The minimum atomic E-state index is 0.307. The standard InChI is InChI=1S/C8H17NOS/c1-7(6-10)11-8-3-2-4-9-5-8/h7-10H,2-6H2,1H3. The summed E-state index contributed by atoms with van der Waals surface area (Å²) in [7, 11) is 0. The first-order chi connectivity index (χ1) is 5.33. The van der Waals surface area contributed by atoms with E-state index >= 15 is 0 Å². The lowest BCUT2D eigenvalue weighted by atomic mass is 10.2. The summed E-state index contributed by atoms with van der Waals surface area (Å²) >= 11 is 1.91. The molecule has 1 saturated heterocycles. The highest BCUT2D eigenvalue weighted by Gasteiger charge is 2.15. The summed E-state index contributed by atoms with van der Waals surface area (Å²) in [5, 5.41) is 13.3. The molecule has 0 aromatic carbocycles. The van der Waals surface area contributed by atoms with E-state index in [1.54, 1.807) is 0 Å². The minimum absolute atomic E-state index is 0.307. The third-order valence-corrected chi connectivity index (χ3v) is 3.33. The molecule has 2 unspecified atom stereocenters. The fourth-order valence-electron chi connectivity index (χ4n) is 1.31. The molecule has 2 nitrogen and oxygen atoms in total. The predicted molar refractivity (Wildman–Crippen MR) is 50.0 cm³/mol. The van der Waals surface area contributed by atoms with Crippen molar-refractivity contribution in [2.45, 2.75) is 30.3 Å². The minimum Gasteiger partial charge on any atom is -0.395 e. The Morgan fingerprint density at radius 1 is 1.73 bits per heavy atom. The van der Waals surface area contributed by atoms with Crippen molar-refractivity contribution in [2.75, 3.05) is 19.7 Å². The van der Waals surface area contributed by atoms with Crippen LogP contribution in [0.25, 0.3) is 0 Å². The van der Waals surface area contributed by atoms with Crippen molar-refractivity contribution in [3.63, 3.8) is 0 Å². The van der Waals surface area contributed by atoms with E-state index in [9.17, 15) is 0 Å². The second kappa shape index (κ2) is 5.01. The van der Waals surface area contributed by atoms with Gasteiger partial charge in [-0.2, -0.15) is 11.8 Å². The maximum absolute atomic E-state index is 8.82. The molecule has 1 fully saturated rings. The van der Waals surface area contributed by atoms with Gasteiger partial charge in [0.1, 0.15) is 0 Å². The number of rotatable bonds is 3. The molecule has 0 aliphatic carbocycles. The first-order valence-electron chi connectivity index (χ1n) is 4.30. The molecule has 1 rings (SSSR count). The van der Waals surface area contributed by atoms with Crippen LogP contribution in [-0.4, -0.2) is 35.3 Å². The van der Waals surface area contributed by atoms with Gasteiger partial charge in [0.05, 0.1) is 6.61 Å². The zero-order valence-electron chi connectivity index (χ0n) is 7.05. The Bertz CT molecular complexity index is 104. The average molecular weight is 175 g/mol. The molecule has 3 heteroatoms. The second-order valence-corrected chi connectivity index (χ2v) is 4.84. The summed E-state index contributed by atoms with van der Waals surface area (Å²) in [6.45, 7) is 4.68. The molecule has 0 saturated carbocycles. The Kier molecular flexibility index (Phi) is 4.26. The van der Waals surface area contributed by atoms with Crippen LogP contribution in [0, 0.1) is 0 Å². The van der Waals surface area contributed by atoms with Gasteiger partial charge in [-0.05, 0) is 19.4 Å². The van der Waals surface area contributed by atoms with E-state index in [1.165, 1.54) is 19.4 Å². The van der Waals surface area contributed by atoms with Crippen LogP contribution in [0.1, 0.15) is 19.8 Å². The number of aliphatic hydroxyl groups is 1. The Balaban J connectivity index is 2.13. The summed E-state index contributed by atoms with van der Waals surface area (Å²) in [6, 6.07) is 0. The normalized spacial score (nSPS) is 28.4. The van der Waals surface area contributed by atoms with E-state index in [0.29, 0.717) is 11.9 Å². The monoisotopic (exact) mass is 175 g/mol. The van der Waals surface area contributed by atoms with Gasteiger partial charge in [0.25, 0.3) is 0 Å². The van der Waals surface area contributed by atoms with Gasteiger partial charge in [-0.25, -0.2) is 0 Å². The van der Waals surface area contributed by atoms with Crippen LogP contribution in [-0.2, 0) is 0 Å². The van der Waals surface area contributed by atoms with Crippen molar-refractivity contribution < 1.29 is 5.11 Å². The lowest BCUT2D eigenvalue weighted by molar-refractivity contribution is 0.299. The maximum Gasteiger partial charge on any atom is 0.0547 e. The molecule has 2 atom stereocenters. The highest BCUT2D eigenvalue weighted by Crippen LogP contribution is 2.22. The fraction of sp³-hybridized carbons (Fsp3) is 1.00. The van der Waals surface area contributed by atoms with Crippen LogP contribution < -0.4 is 5.32 Å². The van der Waals surface area contributed by atoms with Crippen LogP contribution in [0.15, 0.2) is 0 Å². The molecule has 11 heavy (non-hydrogen) atoms. The topological polar surface area (TPSA) is 32.3 Å². The first kappa shape index (κ1) is 9.36. The van der Waals surface area contributed by atoms with Gasteiger partial charge in [-0.3, -0.25) is 0 Å². The third-order valence-electron chi connectivity index (χ3n) is 1.93. The van der Waals surface area contributed by atoms with Gasteiger partial charge in [0.2, 0.25) is 0 Å². The molecular weight excluding hydrogens is 158 g/mol. The molecule has 0 aromatic heterocycles. The quantitative estimate of drug-likeness (QED) is 0.667. The highest BCUT2D eigenvalue weighted by atomic mass is 32.2. The van der Waals surface area contributed by atoms with Crippen molar-refractivity contribution in [3.05, 3.63) is 0 Å². The molecule has 1 heterocycles. The first-order valence-corrected chi connectivity index (χ1v) is 5.24. The number of hydrogen-bond acceptors (Lipinski definition) is 3. The van der Waals surface area contributed by atoms with Crippen LogP contribution in [0.2, 0.25) is 0 Å². The summed E-state index contributed by atoms with van der Waals surface area (Å²) in [5.41, 5.74) is 0. The van der Waals surface area contributed by atoms with Gasteiger partial charge in [0.15, 0.2) is 0 Å². The summed E-state index contributed by atoms with van der Waals surface area (Å²) in [5.74, 6) is 0. The third kappa shape index (κ3) is 3.45. The summed E-state index contributed by atoms with van der Waals surface area (Å²) < 4.78 is 0. The Morgan fingerprint density at radius 3 is 3.09 bits per heavy atom. The number of aliphatic hydroxyl groups excluding tert-OH is 1. The second-order valence-electron chi connectivity index (χ2n) is 3.10. The number of piperidine rings is 1. The van der Waals surface area contributed by atoms with Gasteiger partial charge in [-0.15, -0.1) is 0 Å². The van der Waals surface area contributed by atoms with E-state index in [1.807, 2.05) is 11.8 Å². The fourth-order valence-corrected chi connectivity index (χ4v) is 2.57. The van der Waals surface area contributed by atoms with E-state index < -0.39 is 0 Å². The number of nitrogens with one attached hydrogen (secondary N) is 1. The largest absolute Gasteiger partial charge is 0.395 e. The van der Waals surface area contributed by atoms with Crippen LogP contribution in [0.3, 0.4) is 0 Å². The number of thioether (sulfide) groups is 1. The van der Waals surface area contributed by atoms with Crippen molar-refractivity contribution in [2.24, 2.45) is 0 Å². The molecule has 1 aliphatic heterocycles. The molecule has 0 spiro atoms. The predicted octanol–water partition coefficient (Wildman–Crippen LogP) is 0.852. The lowest BCUT2D eigenvalue weighted by Crippen LogP contribution is -2.32. The molecule has 0 amide bonds. The molecule has 66 valence electrons. The smallest absolute Gasteiger partial charge is 0.0547 e. The molecule has 0 aromatic rings.